The van der Waals surface area contributed by atoms with Crippen molar-refractivity contribution in [3.63, 3.8) is 0 Å². The minimum atomic E-state index is -0.405. The normalized spacial score (nSPS) is 9.90. The Morgan fingerprint density at radius 3 is 2.70 bits per heavy atom. The molecule has 0 aliphatic heterocycles. The molecule has 0 saturated heterocycles. The third-order valence-corrected chi connectivity index (χ3v) is 3.11. The first-order valence-corrected chi connectivity index (χ1v) is 6.28. The molecule has 0 spiro atoms. The number of methoxy groups -OCH3 is 1. The van der Waals surface area contributed by atoms with Crippen LogP contribution in [0.25, 0.3) is 0 Å². The summed E-state index contributed by atoms with van der Waals surface area (Å²) in [7, 11) is 1.42. The maximum Gasteiger partial charge on any atom is 0.165 e. The van der Waals surface area contributed by atoms with Gasteiger partial charge in [0.05, 0.1) is 29.5 Å². The lowest BCUT2D eigenvalue weighted by Gasteiger charge is -2.09. The summed E-state index contributed by atoms with van der Waals surface area (Å²) in [6.45, 7) is 0.423. The second kappa shape index (κ2) is 6.27. The highest BCUT2D eigenvalue weighted by Crippen LogP contribution is 2.24. The lowest BCUT2D eigenvalue weighted by atomic mass is 10.2. The predicted molar refractivity (Wildman–Crippen MR) is 76.4 cm³/mol. The van der Waals surface area contributed by atoms with Crippen LogP contribution in [0.3, 0.4) is 0 Å². The number of benzene rings is 2. The molecule has 0 unspecified atom stereocenters. The third-order valence-electron chi connectivity index (χ3n) is 2.80. The smallest absolute Gasteiger partial charge is 0.165 e. The summed E-state index contributed by atoms with van der Waals surface area (Å²) >= 11 is 6.05. The molecular formula is C15H12ClFN2O. The summed E-state index contributed by atoms with van der Waals surface area (Å²) in [6.07, 6.45) is 0. The molecule has 0 amide bonds. The Hall–Kier alpha value is -2.25. The largest absolute Gasteiger partial charge is 0.494 e. The molecule has 1 N–H and O–H groups in total. The van der Waals surface area contributed by atoms with Crippen molar-refractivity contribution in [2.75, 3.05) is 12.4 Å². The molecule has 5 heteroatoms. The highest BCUT2D eigenvalue weighted by molar-refractivity contribution is 6.33. The van der Waals surface area contributed by atoms with Crippen LogP contribution in [0, 0.1) is 17.1 Å². The molecule has 102 valence electrons. The number of halogens is 2. The number of hydrogen-bond acceptors (Lipinski definition) is 3. The van der Waals surface area contributed by atoms with E-state index >= 15 is 0 Å². The molecule has 20 heavy (non-hydrogen) atoms. The number of hydrogen-bond donors (Lipinski definition) is 1. The third kappa shape index (κ3) is 3.19. The molecule has 0 saturated carbocycles. The van der Waals surface area contributed by atoms with E-state index in [1.54, 1.807) is 30.3 Å². The van der Waals surface area contributed by atoms with Crippen LogP contribution in [0.4, 0.5) is 10.1 Å². The Kier molecular flexibility index (Phi) is 4.44. The van der Waals surface area contributed by atoms with Crippen molar-refractivity contribution in [2.24, 2.45) is 0 Å². The molecule has 0 fully saturated rings. The van der Waals surface area contributed by atoms with Gasteiger partial charge in [-0.2, -0.15) is 5.26 Å². The van der Waals surface area contributed by atoms with Gasteiger partial charge in [0.1, 0.15) is 0 Å². The van der Waals surface area contributed by atoms with Crippen molar-refractivity contribution in [1.29, 1.82) is 5.26 Å². The van der Waals surface area contributed by atoms with Gasteiger partial charge in [-0.25, -0.2) is 4.39 Å². The molecule has 0 aromatic heterocycles. The van der Waals surface area contributed by atoms with E-state index in [1.165, 1.54) is 13.2 Å². The topological polar surface area (TPSA) is 45.0 Å². The Labute approximate surface area is 121 Å². The predicted octanol–water partition coefficient (Wildman–Crippen LogP) is 3.97. The molecule has 2 rings (SSSR count). The fourth-order valence-electron chi connectivity index (χ4n) is 1.75. The fourth-order valence-corrected chi connectivity index (χ4v) is 1.99. The lowest BCUT2D eigenvalue weighted by Crippen LogP contribution is -2.01. The maximum absolute atomic E-state index is 13.5. The molecule has 2 aromatic carbocycles. The molecule has 0 aliphatic rings. The standard InChI is InChI=1S/C15H12ClFN2O/c1-20-15-5-3-11(7-13(15)17)9-19-14-4-2-10(8-18)6-12(14)16/h2-7,19H,9H2,1H3. The monoisotopic (exact) mass is 290 g/mol. The first kappa shape index (κ1) is 14.2. The number of anilines is 1. The van der Waals surface area contributed by atoms with Crippen LogP contribution in [0.1, 0.15) is 11.1 Å². The second-order valence-corrected chi connectivity index (χ2v) is 4.54. The van der Waals surface area contributed by atoms with Crippen LogP contribution in [0.5, 0.6) is 5.75 Å². The zero-order chi connectivity index (χ0) is 14.5. The summed E-state index contributed by atoms with van der Waals surface area (Å²) in [5.41, 5.74) is 1.96. The van der Waals surface area contributed by atoms with Gasteiger partial charge in [0.2, 0.25) is 0 Å². The minimum absolute atomic E-state index is 0.213. The van der Waals surface area contributed by atoms with Crippen LogP contribution in [-0.2, 0) is 6.54 Å². The number of nitriles is 1. The van der Waals surface area contributed by atoms with E-state index in [0.29, 0.717) is 22.8 Å². The van der Waals surface area contributed by atoms with E-state index in [4.69, 9.17) is 21.6 Å². The molecular weight excluding hydrogens is 279 g/mol. The zero-order valence-corrected chi connectivity index (χ0v) is 11.5. The SMILES string of the molecule is COc1ccc(CNc2ccc(C#N)cc2Cl)cc1F. The van der Waals surface area contributed by atoms with Crippen molar-refractivity contribution in [1.82, 2.24) is 0 Å². The van der Waals surface area contributed by atoms with Gasteiger partial charge in [-0.05, 0) is 35.9 Å². The van der Waals surface area contributed by atoms with Gasteiger partial charge < -0.3 is 10.1 Å². The fraction of sp³-hybridized carbons (Fsp3) is 0.133. The second-order valence-electron chi connectivity index (χ2n) is 4.13. The van der Waals surface area contributed by atoms with E-state index in [9.17, 15) is 4.39 Å². The van der Waals surface area contributed by atoms with Gasteiger partial charge >= 0.3 is 0 Å². The highest BCUT2D eigenvalue weighted by atomic mass is 35.5. The Morgan fingerprint density at radius 1 is 1.30 bits per heavy atom. The highest BCUT2D eigenvalue weighted by Gasteiger charge is 2.05. The number of rotatable bonds is 4. The average molecular weight is 291 g/mol. The van der Waals surface area contributed by atoms with Crippen LogP contribution in [0.15, 0.2) is 36.4 Å². The summed E-state index contributed by atoms with van der Waals surface area (Å²) < 4.78 is 18.4. The number of ether oxygens (including phenoxy) is 1. The van der Waals surface area contributed by atoms with Gasteiger partial charge in [-0.15, -0.1) is 0 Å². The first-order chi connectivity index (χ1) is 9.63. The quantitative estimate of drug-likeness (QED) is 0.926. The first-order valence-electron chi connectivity index (χ1n) is 5.90. The van der Waals surface area contributed by atoms with E-state index in [1.807, 2.05) is 6.07 Å². The van der Waals surface area contributed by atoms with E-state index in [-0.39, 0.29) is 5.75 Å². The van der Waals surface area contributed by atoms with Crippen LogP contribution < -0.4 is 10.1 Å². The molecule has 0 aliphatic carbocycles. The molecule has 0 bridgehead atoms. The van der Waals surface area contributed by atoms with Crippen LogP contribution in [-0.4, -0.2) is 7.11 Å². The summed E-state index contributed by atoms with van der Waals surface area (Å²) in [5.74, 6) is -0.192. The molecule has 0 heterocycles. The van der Waals surface area contributed by atoms with E-state index in [0.717, 1.165) is 5.56 Å². The van der Waals surface area contributed by atoms with Crippen molar-refractivity contribution in [3.05, 3.63) is 58.4 Å². The van der Waals surface area contributed by atoms with Gasteiger partial charge in [0.15, 0.2) is 11.6 Å². The number of nitrogens with one attached hydrogen (secondary N) is 1. The zero-order valence-electron chi connectivity index (χ0n) is 10.8. The Morgan fingerprint density at radius 2 is 2.10 bits per heavy atom. The maximum atomic E-state index is 13.5. The molecule has 2 aromatic rings. The molecule has 3 nitrogen and oxygen atoms in total. The minimum Gasteiger partial charge on any atom is -0.494 e. The van der Waals surface area contributed by atoms with Gasteiger partial charge in [-0.1, -0.05) is 17.7 Å². The van der Waals surface area contributed by atoms with Crippen molar-refractivity contribution >= 4 is 17.3 Å². The molecule has 0 radical (unpaired) electrons. The lowest BCUT2D eigenvalue weighted by molar-refractivity contribution is 0.386. The van der Waals surface area contributed by atoms with Crippen LogP contribution >= 0.6 is 11.6 Å². The van der Waals surface area contributed by atoms with Crippen LogP contribution in [0.2, 0.25) is 5.02 Å². The Balaban J connectivity index is 2.09. The van der Waals surface area contributed by atoms with Crippen molar-refractivity contribution in [2.45, 2.75) is 6.54 Å². The average Bonchev–Trinajstić information content (AvgIpc) is 2.46. The Bertz CT molecular complexity index is 667. The van der Waals surface area contributed by atoms with E-state index in [2.05, 4.69) is 5.32 Å². The summed E-state index contributed by atoms with van der Waals surface area (Å²) in [5, 5.41) is 12.3. The number of nitrogens with zero attached hydrogens (tertiary/aromatic N) is 1. The molecule has 0 atom stereocenters. The van der Waals surface area contributed by atoms with E-state index < -0.39 is 5.82 Å². The van der Waals surface area contributed by atoms with Gasteiger partial charge in [0.25, 0.3) is 0 Å². The van der Waals surface area contributed by atoms with Crippen molar-refractivity contribution < 1.29 is 9.13 Å². The summed E-state index contributed by atoms with van der Waals surface area (Å²) in [4.78, 5) is 0. The summed E-state index contributed by atoms with van der Waals surface area (Å²) in [6, 6.07) is 11.7. The van der Waals surface area contributed by atoms with Gasteiger partial charge in [0, 0.05) is 6.54 Å². The van der Waals surface area contributed by atoms with Crippen molar-refractivity contribution in [3.8, 4) is 11.8 Å². The van der Waals surface area contributed by atoms with Gasteiger partial charge in [-0.3, -0.25) is 0 Å².